The Kier molecular flexibility index (Phi) is 3.51. The zero-order valence-corrected chi connectivity index (χ0v) is 13.2. The second-order valence-corrected chi connectivity index (χ2v) is 6.56. The summed E-state index contributed by atoms with van der Waals surface area (Å²) in [4.78, 5) is 9.91. The second kappa shape index (κ2) is 5.46. The summed E-state index contributed by atoms with van der Waals surface area (Å²) in [6, 6.07) is 3.70. The molecular formula is C16H18F3N5. The molecule has 2 bridgehead atoms. The molecule has 0 N–H and O–H groups in total. The van der Waals surface area contributed by atoms with Gasteiger partial charge in [0.05, 0.1) is 6.04 Å². The second-order valence-electron chi connectivity index (χ2n) is 6.56. The molecule has 2 fully saturated rings. The molecule has 0 saturated carbocycles. The fraction of sp³-hybridized carbons (Fsp3) is 0.562. The molecule has 0 radical (unpaired) electrons. The molecule has 2 aliphatic heterocycles. The smallest absolute Gasteiger partial charge is 0.350 e. The highest BCUT2D eigenvalue weighted by Gasteiger charge is 2.43. The predicted molar refractivity (Wildman–Crippen MR) is 81.6 cm³/mol. The van der Waals surface area contributed by atoms with Crippen molar-refractivity contribution in [1.82, 2.24) is 19.7 Å². The van der Waals surface area contributed by atoms with Gasteiger partial charge in [-0.1, -0.05) is 0 Å². The molecule has 4 rings (SSSR count). The van der Waals surface area contributed by atoms with Gasteiger partial charge in [0.25, 0.3) is 0 Å². The van der Waals surface area contributed by atoms with E-state index in [0.29, 0.717) is 11.9 Å². The number of aromatic nitrogens is 4. The van der Waals surface area contributed by atoms with Crippen molar-refractivity contribution in [3.63, 3.8) is 0 Å². The number of fused-ring (bicyclic) bond motifs is 2. The molecule has 2 saturated heterocycles. The van der Waals surface area contributed by atoms with Crippen LogP contribution in [-0.4, -0.2) is 31.8 Å². The molecule has 0 aliphatic carbocycles. The SMILES string of the molecule is Cc1nc(N2C3CCC2CC(n2cccn2)C3)cc(C(F)(F)F)n1. The number of aryl methyl sites for hydroxylation is 1. The van der Waals surface area contributed by atoms with Crippen LogP contribution < -0.4 is 4.90 Å². The number of anilines is 1. The molecule has 8 heteroatoms. The van der Waals surface area contributed by atoms with Gasteiger partial charge in [-0.25, -0.2) is 9.97 Å². The third-order valence-corrected chi connectivity index (χ3v) is 4.99. The van der Waals surface area contributed by atoms with Crippen LogP contribution in [0.5, 0.6) is 0 Å². The fourth-order valence-electron chi connectivity index (χ4n) is 4.06. The van der Waals surface area contributed by atoms with Crippen molar-refractivity contribution in [2.75, 3.05) is 4.90 Å². The van der Waals surface area contributed by atoms with E-state index in [1.807, 2.05) is 16.9 Å². The first-order valence-corrected chi connectivity index (χ1v) is 8.12. The minimum atomic E-state index is -4.45. The quantitative estimate of drug-likeness (QED) is 0.843. The number of nitrogens with zero attached hydrogens (tertiary/aromatic N) is 5. The number of hydrogen-bond acceptors (Lipinski definition) is 4. The highest BCUT2D eigenvalue weighted by atomic mass is 19.4. The van der Waals surface area contributed by atoms with Crippen LogP contribution in [0.15, 0.2) is 24.5 Å². The number of halogens is 3. The lowest BCUT2D eigenvalue weighted by atomic mass is 9.97. The summed E-state index contributed by atoms with van der Waals surface area (Å²) in [6.45, 7) is 1.51. The molecular weight excluding hydrogens is 319 g/mol. The van der Waals surface area contributed by atoms with Gasteiger partial charge in [0.2, 0.25) is 0 Å². The van der Waals surface area contributed by atoms with Crippen molar-refractivity contribution >= 4 is 5.82 Å². The standard InChI is InChI=1S/C16H18F3N5/c1-10-21-14(16(17,18)19)9-15(22-10)24-11-3-4-12(24)8-13(7-11)23-6-2-5-20-23/h2,5-6,9,11-13H,3-4,7-8H2,1H3. The van der Waals surface area contributed by atoms with Crippen LogP contribution >= 0.6 is 0 Å². The van der Waals surface area contributed by atoms with Crippen molar-refractivity contribution < 1.29 is 13.2 Å². The van der Waals surface area contributed by atoms with Crippen LogP contribution in [0.25, 0.3) is 0 Å². The lowest BCUT2D eigenvalue weighted by molar-refractivity contribution is -0.141. The van der Waals surface area contributed by atoms with Gasteiger partial charge in [0, 0.05) is 30.5 Å². The molecule has 5 nitrogen and oxygen atoms in total. The molecule has 2 unspecified atom stereocenters. The number of alkyl halides is 3. The Morgan fingerprint density at radius 1 is 1.08 bits per heavy atom. The summed E-state index contributed by atoms with van der Waals surface area (Å²) in [7, 11) is 0. The predicted octanol–water partition coefficient (Wildman–Crippen LogP) is 3.37. The van der Waals surface area contributed by atoms with Crippen molar-refractivity contribution in [2.45, 2.75) is 56.9 Å². The first-order chi connectivity index (χ1) is 11.4. The van der Waals surface area contributed by atoms with Gasteiger partial charge < -0.3 is 4.90 Å². The van der Waals surface area contributed by atoms with E-state index in [1.165, 1.54) is 6.92 Å². The van der Waals surface area contributed by atoms with E-state index in [4.69, 9.17) is 0 Å². The average molecular weight is 337 g/mol. The highest BCUT2D eigenvalue weighted by molar-refractivity contribution is 5.45. The normalized spacial score (nSPS) is 26.8. The van der Waals surface area contributed by atoms with E-state index in [9.17, 15) is 13.2 Å². The Hall–Kier alpha value is -2.12. The van der Waals surface area contributed by atoms with Gasteiger partial charge in [-0.05, 0) is 38.7 Å². The summed E-state index contributed by atoms with van der Waals surface area (Å²) in [5.74, 6) is 0.565. The van der Waals surface area contributed by atoms with Crippen LogP contribution in [0, 0.1) is 6.92 Å². The Labute approximate surface area is 137 Å². The van der Waals surface area contributed by atoms with Gasteiger partial charge >= 0.3 is 6.18 Å². The first-order valence-electron chi connectivity index (χ1n) is 8.12. The lowest BCUT2D eigenvalue weighted by Crippen LogP contribution is -2.44. The Balaban J connectivity index is 1.63. The van der Waals surface area contributed by atoms with E-state index in [-0.39, 0.29) is 17.9 Å². The van der Waals surface area contributed by atoms with Crippen molar-refractivity contribution in [1.29, 1.82) is 0 Å². The monoisotopic (exact) mass is 337 g/mol. The molecule has 4 heterocycles. The minimum Gasteiger partial charge on any atom is -0.350 e. The largest absolute Gasteiger partial charge is 0.433 e. The maximum atomic E-state index is 13.1. The molecule has 2 atom stereocenters. The molecule has 2 aliphatic rings. The van der Waals surface area contributed by atoms with Crippen LogP contribution in [0.4, 0.5) is 19.0 Å². The fourth-order valence-corrected chi connectivity index (χ4v) is 4.06. The summed E-state index contributed by atoms with van der Waals surface area (Å²) in [6.07, 6.45) is 2.98. The number of rotatable bonds is 2. The third-order valence-electron chi connectivity index (χ3n) is 4.99. The first kappa shape index (κ1) is 15.4. The van der Waals surface area contributed by atoms with E-state index < -0.39 is 11.9 Å². The summed E-state index contributed by atoms with van der Waals surface area (Å²) < 4.78 is 41.1. The lowest BCUT2D eigenvalue weighted by Gasteiger charge is -2.40. The van der Waals surface area contributed by atoms with E-state index in [1.54, 1.807) is 6.20 Å². The molecule has 2 aromatic rings. The summed E-state index contributed by atoms with van der Waals surface area (Å²) in [5.41, 5.74) is -0.862. The van der Waals surface area contributed by atoms with E-state index >= 15 is 0 Å². The van der Waals surface area contributed by atoms with Gasteiger partial charge in [-0.15, -0.1) is 0 Å². The Morgan fingerprint density at radius 3 is 2.38 bits per heavy atom. The van der Waals surface area contributed by atoms with E-state index in [0.717, 1.165) is 31.7 Å². The van der Waals surface area contributed by atoms with Crippen LogP contribution in [-0.2, 0) is 6.18 Å². The average Bonchev–Trinajstić information content (AvgIpc) is 3.12. The molecule has 0 aromatic carbocycles. The topological polar surface area (TPSA) is 46.8 Å². The third kappa shape index (κ3) is 2.63. The van der Waals surface area contributed by atoms with Gasteiger partial charge in [0.1, 0.15) is 17.3 Å². The zero-order valence-electron chi connectivity index (χ0n) is 13.2. The van der Waals surface area contributed by atoms with Crippen LogP contribution in [0.1, 0.15) is 43.2 Å². The molecule has 128 valence electrons. The molecule has 0 spiro atoms. The van der Waals surface area contributed by atoms with Crippen molar-refractivity contribution in [3.8, 4) is 0 Å². The van der Waals surface area contributed by atoms with E-state index in [2.05, 4.69) is 20.0 Å². The maximum absolute atomic E-state index is 13.1. The highest BCUT2D eigenvalue weighted by Crippen LogP contribution is 2.43. The van der Waals surface area contributed by atoms with Crippen molar-refractivity contribution in [2.24, 2.45) is 0 Å². The zero-order chi connectivity index (χ0) is 16.9. The van der Waals surface area contributed by atoms with Crippen LogP contribution in [0.2, 0.25) is 0 Å². The maximum Gasteiger partial charge on any atom is 0.433 e. The van der Waals surface area contributed by atoms with Gasteiger partial charge in [0.15, 0.2) is 0 Å². The Morgan fingerprint density at radius 2 is 1.79 bits per heavy atom. The minimum absolute atomic E-state index is 0.161. The summed E-state index contributed by atoms with van der Waals surface area (Å²) >= 11 is 0. The van der Waals surface area contributed by atoms with Crippen LogP contribution in [0.3, 0.4) is 0 Å². The number of hydrogen-bond donors (Lipinski definition) is 0. The van der Waals surface area contributed by atoms with Crippen molar-refractivity contribution in [3.05, 3.63) is 36.0 Å². The Bertz CT molecular complexity index is 714. The van der Waals surface area contributed by atoms with Gasteiger partial charge in [-0.3, -0.25) is 4.68 Å². The number of piperidine rings is 1. The van der Waals surface area contributed by atoms with Gasteiger partial charge in [-0.2, -0.15) is 18.3 Å². The molecule has 0 amide bonds. The summed E-state index contributed by atoms with van der Waals surface area (Å²) in [5, 5.41) is 4.32. The molecule has 2 aromatic heterocycles. The molecule has 24 heavy (non-hydrogen) atoms.